The second kappa shape index (κ2) is 7.26. The standard InChI is InChI=1S/C15H24N2O2/c1-12(2)17(9-10-18)15(19)14-7-5-13(6-8-14)11-16(3)4/h5-8,12,18H,9-11H2,1-4H3. The molecule has 0 saturated carbocycles. The van der Waals surface area contributed by atoms with Gasteiger partial charge in [-0.2, -0.15) is 0 Å². The van der Waals surface area contributed by atoms with E-state index in [1.807, 2.05) is 52.2 Å². The van der Waals surface area contributed by atoms with Crippen LogP contribution >= 0.6 is 0 Å². The smallest absolute Gasteiger partial charge is 0.254 e. The van der Waals surface area contributed by atoms with E-state index in [1.165, 1.54) is 5.56 Å². The average Bonchev–Trinajstić information content (AvgIpc) is 2.35. The molecular formula is C15H24N2O2. The zero-order valence-electron chi connectivity index (χ0n) is 12.3. The van der Waals surface area contributed by atoms with Gasteiger partial charge >= 0.3 is 0 Å². The Bertz CT molecular complexity index is 399. The Labute approximate surface area is 115 Å². The fourth-order valence-electron chi connectivity index (χ4n) is 1.99. The first-order valence-corrected chi connectivity index (χ1v) is 6.61. The molecule has 1 N–H and O–H groups in total. The van der Waals surface area contributed by atoms with Crippen LogP contribution < -0.4 is 0 Å². The average molecular weight is 264 g/mol. The molecule has 1 rings (SSSR count). The molecule has 0 bridgehead atoms. The zero-order chi connectivity index (χ0) is 14.4. The van der Waals surface area contributed by atoms with Crippen molar-refractivity contribution in [3.63, 3.8) is 0 Å². The number of hydrogen-bond donors (Lipinski definition) is 1. The van der Waals surface area contributed by atoms with E-state index in [9.17, 15) is 4.79 Å². The number of benzene rings is 1. The molecular weight excluding hydrogens is 240 g/mol. The van der Waals surface area contributed by atoms with Gasteiger partial charge in [-0.1, -0.05) is 12.1 Å². The lowest BCUT2D eigenvalue weighted by Crippen LogP contribution is -2.39. The molecule has 0 unspecified atom stereocenters. The summed E-state index contributed by atoms with van der Waals surface area (Å²) >= 11 is 0. The number of nitrogens with zero attached hydrogens (tertiary/aromatic N) is 2. The van der Waals surface area contributed by atoms with Gasteiger partial charge in [0.15, 0.2) is 0 Å². The van der Waals surface area contributed by atoms with Crippen molar-refractivity contribution in [3.8, 4) is 0 Å². The minimum absolute atomic E-state index is 0.0113. The summed E-state index contributed by atoms with van der Waals surface area (Å²) in [5.74, 6) is -0.0274. The molecule has 0 aliphatic heterocycles. The molecule has 0 saturated heterocycles. The van der Waals surface area contributed by atoms with Crippen molar-refractivity contribution in [3.05, 3.63) is 35.4 Å². The van der Waals surface area contributed by atoms with Crippen LogP contribution in [0.5, 0.6) is 0 Å². The van der Waals surface area contributed by atoms with E-state index in [0.717, 1.165) is 6.54 Å². The monoisotopic (exact) mass is 264 g/mol. The maximum absolute atomic E-state index is 12.3. The third-order valence-electron chi connectivity index (χ3n) is 2.92. The molecule has 4 heteroatoms. The van der Waals surface area contributed by atoms with Crippen molar-refractivity contribution < 1.29 is 9.90 Å². The van der Waals surface area contributed by atoms with E-state index in [0.29, 0.717) is 12.1 Å². The van der Waals surface area contributed by atoms with Crippen molar-refractivity contribution >= 4 is 5.91 Å². The number of hydrogen-bond acceptors (Lipinski definition) is 3. The van der Waals surface area contributed by atoms with Crippen LogP contribution in [0.3, 0.4) is 0 Å². The predicted octanol–water partition coefficient (Wildman–Crippen LogP) is 1.59. The first kappa shape index (κ1) is 15.7. The van der Waals surface area contributed by atoms with E-state index in [-0.39, 0.29) is 18.6 Å². The number of amides is 1. The van der Waals surface area contributed by atoms with E-state index in [2.05, 4.69) is 4.90 Å². The van der Waals surface area contributed by atoms with Crippen LogP contribution in [-0.4, -0.2) is 54.1 Å². The van der Waals surface area contributed by atoms with Gasteiger partial charge in [0.05, 0.1) is 6.61 Å². The topological polar surface area (TPSA) is 43.8 Å². The largest absolute Gasteiger partial charge is 0.395 e. The van der Waals surface area contributed by atoms with Crippen LogP contribution in [0.15, 0.2) is 24.3 Å². The highest BCUT2D eigenvalue weighted by molar-refractivity contribution is 5.94. The number of aliphatic hydroxyl groups is 1. The van der Waals surface area contributed by atoms with E-state index in [1.54, 1.807) is 4.90 Å². The van der Waals surface area contributed by atoms with Gasteiger partial charge in [0.2, 0.25) is 0 Å². The molecule has 0 spiro atoms. The van der Waals surface area contributed by atoms with Gasteiger partial charge < -0.3 is 14.9 Å². The normalized spacial score (nSPS) is 11.1. The predicted molar refractivity (Wildman–Crippen MR) is 77.1 cm³/mol. The molecule has 0 aliphatic rings. The van der Waals surface area contributed by atoms with Gasteiger partial charge in [-0.3, -0.25) is 4.79 Å². The molecule has 0 heterocycles. The number of aliphatic hydroxyl groups excluding tert-OH is 1. The van der Waals surface area contributed by atoms with Crippen LogP contribution in [0.2, 0.25) is 0 Å². The van der Waals surface area contributed by atoms with Crippen LogP contribution in [0, 0.1) is 0 Å². The van der Waals surface area contributed by atoms with E-state index in [4.69, 9.17) is 5.11 Å². The quantitative estimate of drug-likeness (QED) is 0.848. The molecule has 0 radical (unpaired) electrons. The maximum atomic E-state index is 12.3. The maximum Gasteiger partial charge on any atom is 0.254 e. The van der Waals surface area contributed by atoms with Crippen molar-refractivity contribution in [1.29, 1.82) is 0 Å². The third-order valence-corrected chi connectivity index (χ3v) is 2.92. The third kappa shape index (κ3) is 4.65. The highest BCUT2D eigenvalue weighted by Gasteiger charge is 2.17. The molecule has 0 aromatic heterocycles. The van der Waals surface area contributed by atoms with E-state index < -0.39 is 0 Å². The van der Waals surface area contributed by atoms with Crippen LogP contribution in [0.4, 0.5) is 0 Å². The summed E-state index contributed by atoms with van der Waals surface area (Å²) in [5, 5.41) is 9.03. The molecule has 4 nitrogen and oxygen atoms in total. The SMILES string of the molecule is CC(C)N(CCO)C(=O)c1ccc(CN(C)C)cc1. The molecule has 19 heavy (non-hydrogen) atoms. The molecule has 1 aromatic carbocycles. The number of carbonyl (C=O) groups excluding carboxylic acids is 1. The summed E-state index contributed by atoms with van der Waals surface area (Å²) in [4.78, 5) is 16.1. The lowest BCUT2D eigenvalue weighted by molar-refractivity contribution is 0.0665. The molecule has 0 aliphatic carbocycles. The van der Waals surface area contributed by atoms with Gasteiger partial charge in [-0.05, 0) is 45.6 Å². The second-order valence-electron chi connectivity index (χ2n) is 5.25. The lowest BCUT2D eigenvalue weighted by atomic mass is 10.1. The number of carbonyl (C=O) groups is 1. The van der Waals surface area contributed by atoms with Gasteiger partial charge in [0, 0.05) is 24.7 Å². The molecule has 1 amide bonds. The van der Waals surface area contributed by atoms with Crippen LogP contribution in [0.1, 0.15) is 29.8 Å². The minimum atomic E-state index is -0.0274. The summed E-state index contributed by atoms with van der Waals surface area (Å²) in [6, 6.07) is 7.75. The summed E-state index contributed by atoms with van der Waals surface area (Å²) < 4.78 is 0. The second-order valence-corrected chi connectivity index (χ2v) is 5.25. The van der Waals surface area contributed by atoms with Gasteiger partial charge in [-0.25, -0.2) is 0 Å². The highest BCUT2D eigenvalue weighted by atomic mass is 16.3. The highest BCUT2D eigenvalue weighted by Crippen LogP contribution is 2.11. The summed E-state index contributed by atoms with van der Waals surface area (Å²) in [6.07, 6.45) is 0. The van der Waals surface area contributed by atoms with Gasteiger partial charge in [-0.15, -0.1) is 0 Å². The van der Waals surface area contributed by atoms with E-state index >= 15 is 0 Å². The minimum Gasteiger partial charge on any atom is -0.395 e. The van der Waals surface area contributed by atoms with Crippen LogP contribution in [0.25, 0.3) is 0 Å². The molecule has 0 atom stereocenters. The number of rotatable bonds is 6. The van der Waals surface area contributed by atoms with Crippen LogP contribution in [-0.2, 0) is 6.54 Å². The van der Waals surface area contributed by atoms with Gasteiger partial charge in [0.1, 0.15) is 0 Å². The Kier molecular flexibility index (Phi) is 5.99. The Balaban J connectivity index is 2.81. The summed E-state index contributed by atoms with van der Waals surface area (Å²) in [6.45, 7) is 5.12. The Morgan fingerprint density at radius 3 is 2.21 bits per heavy atom. The first-order chi connectivity index (χ1) is 8.95. The fourth-order valence-corrected chi connectivity index (χ4v) is 1.99. The first-order valence-electron chi connectivity index (χ1n) is 6.61. The Hall–Kier alpha value is -1.39. The van der Waals surface area contributed by atoms with Crippen molar-refractivity contribution in [1.82, 2.24) is 9.80 Å². The fraction of sp³-hybridized carbons (Fsp3) is 0.533. The summed E-state index contributed by atoms with van der Waals surface area (Å²) in [5.41, 5.74) is 1.85. The molecule has 0 fully saturated rings. The molecule has 1 aromatic rings. The zero-order valence-corrected chi connectivity index (χ0v) is 12.3. The van der Waals surface area contributed by atoms with Crippen molar-refractivity contribution in [2.45, 2.75) is 26.4 Å². The van der Waals surface area contributed by atoms with Gasteiger partial charge in [0.25, 0.3) is 5.91 Å². The summed E-state index contributed by atoms with van der Waals surface area (Å²) in [7, 11) is 4.03. The van der Waals surface area contributed by atoms with Crippen molar-refractivity contribution in [2.24, 2.45) is 0 Å². The Morgan fingerprint density at radius 1 is 1.21 bits per heavy atom. The lowest BCUT2D eigenvalue weighted by Gasteiger charge is -2.26. The van der Waals surface area contributed by atoms with Crippen molar-refractivity contribution in [2.75, 3.05) is 27.2 Å². The Morgan fingerprint density at radius 2 is 1.79 bits per heavy atom. The molecule has 106 valence electrons.